The summed E-state index contributed by atoms with van der Waals surface area (Å²) in [7, 11) is 0. The quantitative estimate of drug-likeness (QED) is 0.0332. The Morgan fingerprint density at radius 2 is 1.11 bits per heavy atom. The molecule has 0 aliphatic heterocycles. The summed E-state index contributed by atoms with van der Waals surface area (Å²) in [5, 5.41) is 47.3. The molecule has 0 fully saturated rings. The fraction of sp³-hybridized carbons (Fsp3) is 0.680. The molecule has 0 rings (SSSR count). The zero-order valence-corrected chi connectivity index (χ0v) is 25.2. The Balaban J connectivity index is 5.63. The molecule has 19 nitrogen and oxygen atoms in total. The summed E-state index contributed by atoms with van der Waals surface area (Å²) < 4.78 is 0. The first kappa shape index (κ1) is 39.3. The largest absolute Gasteiger partial charge is 0.481 e. The van der Waals surface area contributed by atoms with E-state index in [4.69, 9.17) is 33.1 Å². The minimum absolute atomic E-state index is 0.0620. The predicted octanol–water partition coefficient (Wildman–Crippen LogP) is -3.60. The van der Waals surface area contributed by atoms with Crippen LogP contribution in [0, 0.1) is 16.7 Å². The van der Waals surface area contributed by atoms with Crippen molar-refractivity contribution in [1.82, 2.24) is 31.9 Å². The molecule has 0 aromatic rings. The number of guanidine groups is 2. The van der Waals surface area contributed by atoms with Gasteiger partial charge in [-0.25, -0.2) is 4.79 Å². The Morgan fingerprint density at radius 1 is 0.682 bits per heavy atom. The number of hydrogen-bond donors (Lipinski definition) is 13. The van der Waals surface area contributed by atoms with Crippen LogP contribution >= 0.6 is 0 Å². The fourth-order valence-electron chi connectivity index (χ4n) is 3.81. The van der Waals surface area contributed by atoms with E-state index in [0.29, 0.717) is 12.8 Å². The van der Waals surface area contributed by atoms with E-state index in [9.17, 15) is 33.9 Å². The summed E-state index contributed by atoms with van der Waals surface area (Å²) in [5.74, 6) is -6.65. The van der Waals surface area contributed by atoms with Crippen LogP contribution in [0.3, 0.4) is 0 Å². The minimum atomic E-state index is -1.77. The first-order chi connectivity index (χ1) is 20.4. The van der Waals surface area contributed by atoms with Gasteiger partial charge < -0.3 is 59.3 Å². The fourth-order valence-corrected chi connectivity index (χ4v) is 3.81. The van der Waals surface area contributed by atoms with Gasteiger partial charge in [-0.1, -0.05) is 13.8 Å². The van der Waals surface area contributed by atoms with Crippen molar-refractivity contribution in [2.75, 3.05) is 13.1 Å². The van der Waals surface area contributed by atoms with Gasteiger partial charge >= 0.3 is 11.9 Å². The lowest BCUT2D eigenvalue weighted by molar-refractivity contribution is -0.147. The van der Waals surface area contributed by atoms with Gasteiger partial charge in [0.15, 0.2) is 11.9 Å². The first-order valence-electron chi connectivity index (χ1n) is 14.0. The molecule has 0 saturated carbocycles. The number of aliphatic carboxylic acids is 2. The number of carboxylic acids is 2. The molecule has 0 aliphatic carbocycles. The van der Waals surface area contributed by atoms with Crippen LogP contribution in [0.4, 0.5) is 0 Å². The molecule has 0 aliphatic rings. The molecule has 0 radical (unpaired) electrons. The number of carbonyl (C=O) groups is 6. The highest BCUT2D eigenvalue weighted by Crippen LogP contribution is 2.06. The summed E-state index contributed by atoms with van der Waals surface area (Å²) in [4.78, 5) is 74.0. The molecule has 0 heterocycles. The zero-order valence-electron chi connectivity index (χ0n) is 25.2. The Labute approximate surface area is 255 Å². The molecular formula is C25H47N11O8. The Hall–Kier alpha value is -4.68. The van der Waals surface area contributed by atoms with Gasteiger partial charge in [0, 0.05) is 13.1 Å². The lowest BCUT2D eigenvalue weighted by Gasteiger charge is -2.25. The van der Waals surface area contributed by atoms with Crippen molar-refractivity contribution in [3.05, 3.63) is 0 Å². The van der Waals surface area contributed by atoms with Gasteiger partial charge in [-0.05, 0) is 44.9 Å². The monoisotopic (exact) mass is 629 g/mol. The van der Waals surface area contributed by atoms with Crippen molar-refractivity contribution in [2.45, 2.75) is 89.5 Å². The van der Waals surface area contributed by atoms with Crippen molar-refractivity contribution < 1.29 is 39.0 Å². The predicted molar refractivity (Wildman–Crippen MR) is 159 cm³/mol. The van der Waals surface area contributed by atoms with E-state index in [1.165, 1.54) is 6.92 Å². The second-order valence-electron chi connectivity index (χ2n) is 10.6. The summed E-state index contributed by atoms with van der Waals surface area (Å²) >= 11 is 0. The van der Waals surface area contributed by atoms with Crippen molar-refractivity contribution in [3.63, 3.8) is 0 Å². The average molecular weight is 630 g/mol. The SMILES string of the molecule is CC(C)C[C@H](N)C(=O)N[C@@H](CCCNC(=N)N)C(=O)N[C@@H](C)C(=O)N[C@@H](CCCNC(=N)N)C(=O)N[C@@H](CC(=O)O)C(=O)O. The number of hydrogen-bond acceptors (Lipinski definition) is 9. The number of nitrogens with two attached hydrogens (primary N) is 3. The van der Waals surface area contributed by atoms with Crippen LogP contribution < -0.4 is 49.1 Å². The van der Waals surface area contributed by atoms with E-state index >= 15 is 0 Å². The van der Waals surface area contributed by atoms with Crippen LogP contribution in [0.2, 0.25) is 0 Å². The lowest BCUT2D eigenvalue weighted by atomic mass is 10.0. The molecule has 0 aromatic carbocycles. The molecule has 0 saturated heterocycles. The third-order valence-corrected chi connectivity index (χ3v) is 6.04. The normalized spacial score (nSPS) is 14.1. The molecule has 44 heavy (non-hydrogen) atoms. The van der Waals surface area contributed by atoms with Crippen molar-refractivity contribution >= 4 is 47.5 Å². The van der Waals surface area contributed by atoms with Crippen LogP contribution in [0.5, 0.6) is 0 Å². The smallest absolute Gasteiger partial charge is 0.326 e. The molecule has 5 atom stereocenters. The molecular weight excluding hydrogens is 582 g/mol. The van der Waals surface area contributed by atoms with E-state index < -0.39 is 72.2 Å². The molecule has 0 spiro atoms. The molecule has 250 valence electrons. The second kappa shape index (κ2) is 20.3. The Bertz CT molecular complexity index is 1040. The number of carbonyl (C=O) groups excluding carboxylic acids is 4. The standard InChI is InChI=1S/C25H47N11O8/c1-12(2)10-14(26)20(40)35-15(6-4-8-31-24(27)28)21(41)33-13(3)19(39)34-16(7-5-9-32-25(29)30)22(42)36-17(23(43)44)11-18(37)38/h12-17H,4-11,26H2,1-3H3,(H,33,41)(H,34,39)(H,35,40)(H,36,42)(H,37,38)(H,43,44)(H4,27,28,31)(H4,29,30,32)/t13-,14-,15-,16-,17-/m0/s1. The summed E-state index contributed by atoms with van der Waals surface area (Å²) in [6, 6.07) is -6.33. The van der Waals surface area contributed by atoms with Gasteiger partial charge in [-0.2, -0.15) is 0 Å². The third kappa shape index (κ3) is 17.3. The Kier molecular flexibility index (Phi) is 18.1. The van der Waals surface area contributed by atoms with Gasteiger partial charge in [0.2, 0.25) is 23.6 Å². The minimum Gasteiger partial charge on any atom is -0.481 e. The number of rotatable bonds is 21. The first-order valence-corrected chi connectivity index (χ1v) is 14.0. The van der Waals surface area contributed by atoms with Gasteiger partial charge in [0.05, 0.1) is 12.5 Å². The molecule has 0 bridgehead atoms. The average Bonchev–Trinajstić information content (AvgIpc) is 2.90. The van der Waals surface area contributed by atoms with Crippen LogP contribution in [-0.4, -0.2) is 101 Å². The van der Waals surface area contributed by atoms with E-state index in [-0.39, 0.29) is 50.2 Å². The number of amides is 4. The van der Waals surface area contributed by atoms with Crippen LogP contribution in [0.1, 0.15) is 59.3 Å². The second-order valence-corrected chi connectivity index (χ2v) is 10.6. The van der Waals surface area contributed by atoms with Crippen LogP contribution in [0.15, 0.2) is 0 Å². The highest BCUT2D eigenvalue weighted by molar-refractivity contribution is 5.95. The molecule has 4 amide bonds. The van der Waals surface area contributed by atoms with E-state index in [1.54, 1.807) is 0 Å². The Morgan fingerprint density at radius 3 is 1.52 bits per heavy atom. The maximum absolute atomic E-state index is 13.1. The van der Waals surface area contributed by atoms with Crippen LogP contribution in [-0.2, 0) is 28.8 Å². The maximum atomic E-state index is 13.1. The topological polar surface area (TPSA) is 341 Å². The van der Waals surface area contributed by atoms with Crippen molar-refractivity contribution in [3.8, 4) is 0 Å². The molecule has 0 unspecified atom stereocenters. The van der Waals surface area contributed by atoms with E-state index in [0.717, 1.165) is 0 Å². The van der Waals surface area contributed by atoms with Gasteiger partial charge in [-0.3, -0.25) is 34.8 Å². The molecule has 0 aromatic heterocycles. The summed E-state index contributed by atoms with van der Waals surface area (Å²) in [6.45, 7) is 5.46. The maximum Gasteiger partial charge on any atom is 0.326 e. The van der Waals surface area contributed by atoms with Gasteiger partial charge in [0.25, 0.3) is 0 Å². The van der Waals surface area contributed by atoms with Gasteiger partial charge in [0.1, 0.15) is 24.2 Å². The number of carboxylic acid groups (broad SMARTS) is 2. The summed E-state index contributed by atoms with van der Waals surface area (Å²) in [5.41, 5.74) is 16.5. The van der Waals surface area contributed by atoms with Crippen LogP contribution in [0.25, 0.3) is 0 Å². The molecule has 16 N–H and O–H groups in total. The lowest BCUT2D eigenvalue weighted by Crippen LogP contribution is -2.58. The van der Waals surface area contributed by atoms with Crippen molar-refractivity contribution in [1.29, 1.82) is 10.8 Å². The van der Waals surface area contributed by atoms with E-state index in [1.807, 2.05) is 13.8 Å². The van der Waals surface area contributed by atoms with E-state index in [2.05, 4.69) is 31.9 Å². The highest BCUT2D eigenvalue weighted by Gasteiger charge is 2.31. The number of nitrogens with one attached hydrogen (secondary N) is 8. The molecule has 19 heteroatoms. The van der Waals surface area contributed by atoms with Gasteiger partial charge in [-0.15, -0.1) is 0 Å². The summed E-state index contributed by atoms with van der Waals surface area (Å²) in [6.07, 6.45) is 0.00775. The third-order valence-electron chi connectivity index (χ3n) is 6.04. The zero-order chi connectivity index (χ0) is 34.0. The highest BCUT2D eigenvalue weighted by atomic mass is 16.4. The van der Waals surface area contributed by atoms with Crippen molar-refractivity contribution in [2.24, 2.45) is 23.1 Å².